The first-order chi connectivity index (χ1) is 8.60. The van der Waals surface area contributed by atoms with Gasteiger partial charge >= 0.3 is 0 Å². The van der Waals surface area contributed by atoms with Gasteiger partial charge in [0.05, 0.1) is 6.61 Å². The fraction of sp³-hybridized carbons (Fsp3) is 0.571. The highest BCUT2D eigenvalue weighted by atomic mass is 79.9. The Morgan fingerprint density at radius 3 is 2.67 bits per heavy atom. The number of methoxy groups -OCH3 is 1. The molecule has 18 heavy (non-hydrogen) atoms. The van der Waals surface area contributed by atoms with Crippen molar-refractivity contribution >= 4 is 21.6 Å². The predicted molar refractivity (Wildman–Crippen MR) is 81.3 cm³/mol. The molecule has 0 aromatic heterocycles. The number of rotatable bonds is 7. The molecule has 0 aliphatic heterocycles. The Hall–Kier alpha value is -0.580. The molecule has 1 aromatic carbocycles. The van der Waals surface area contributed by atoms with E-state index in [9.17, 15) is 0 Å². The number of benzene rings is 1. The fourth-order valence-corrected chi connectivity index (χ4v) is 2.34. The van der Waals surface area contributed by atoms with Gasteiger partial charge in [0.15, 0.2) is 0 Å². The van der Waals surface area contributed by atoms with E-state index in [1.54, 1.807) is 7.11 Å². The van der Waals surface area contributed by atoms with Crippen LogP contribution in [-0.4, -0.2) is 33.4 Å². The zero-order valence-electron chi connectivity index (χ0n) is 11.7. The second-order valence-electron chi connectivity index (χ2n) is 4.58. The van der Waals surface area contributed by atoms with Crippen molar-refractivity contribution in [1.82, 2.24) is 5.32 Å². The zero-order chi connectivity index (χ0) is 13.5. The van der Waals surface area contributed by atoms with Crippen LogP contribution in [0.1, 0.15) is 19.4 Å². The van der Waals surface area contributed by atoms with Crippen LogP contribution in [-0.2, 0) is 11.3 Å². The molecule has 0 aliphatic carbocycles. The summed E-state index contributed by atoms with van der Waals surface area (Å²) in [4.78, 5) is 2.38. The smallest absolute Gasteiger partial charge is 0.0637 e. The average Bonchev–Trinajstić information content (AvgIpc) is 2.32. The molecule has 1 aromatic rings. The number of hydrogen-bond donors (Lipinski definition) is 1. The monoisotopic (exact) mass is 314 g/mol. The van der Waals surface area contributed by atoms with E-state index >= 15 is 0 Å². The topological polar surface area (TPSA) is 24.5 Å². The van der Waals surface area contributed by atoms with Crippen LogP contribution in [0.15, 0.2) is 22.7 Å². The lowest BCUT2D eigenvalue weighted by Gasteiger charge is -2.31. The molecule has 0 unspecified atom stereocenters. The van der Waals surface area contributed by atoms with E-state index in [2.05, 4.69) is 58.2 Å². The van der Waals surface area contributed by atoms with Crippen molar-refractivity contribution < 1.29 is 4.74 Å². The first kappa shape index (κ1) is 15.5. The van der Waals surface area contributed by atoms with Gasteiger partial charge in [-0.25, -0.2) is 0 Å². The molecule has 4 heteroatoms. The van der Waals surface area contributed by atoms with Gasteiger partial charge in [0.1, 0.15) is 0 Å². The normalized spacial score (nSPS) is 11.0. The summed E-state index contributed by atoms with van der Waals surface area (Å²) in [6.07, 6.45) is 0. The van der Waals surface area contributed by atoms with Gasteiger partial charge in [-0.2, -0.15) is 0 Å². The molecule has 1 N–H and O–H groups in total. The molecular weight excluding hydrogens is 292 g/mol. The Kier molecular flexibility index (Phi) is 6.68. The Labute approximate surface area is 119 Å². The molecule has 0 saturated heterocycles. The van der Waals surface area contributed by atoms with Crippen molar-refractivity contribution in [2.24, 2.45) is 0 Å². The van der Waals surface area contributed by atoms with Gasteiger partial charge in [-0.1, -0.05) is 22.0 Å². The SMILES string of the molecule is CNCc1ccc(Br)cc1N(CCOC)C(C)C. The van der Waals surface area contributed by atoms with Gasteiger partial charge in [0.2, 0.25) is 0 Å². The summed E-state index contributed by atoms with van der Waals surface area (Å²) in [7, 11) is 3.72. The molecule has 0 amide bonds. The third-order valence-electron chi connectivity index (χ3n) is 2.88. The molecule has 0 aliphatic rings. The van der Waals surface area contributed by atoms with Crippen LogP contribution in [0.2, 0.25) is 0 Å². The summed E-state index contributed by atoms with van der Waals surface area (Å²) in [5.41, 5.74) is 2.58. The molecule has 3 nitrogen and oxygen atoms in total. The van der Waals surface area contributed by atoms with Crippen molar-refractivity contribution in [3.8, 4) is 0 Å². The average molecular weight is 315 g/mol. The van der Waals surface area contributed by atoms with Gasteiger partial charge < -0.3 is 15.0 Å². The van der Waals surface area contributed by atoms with Crippen molar-refractivity contribution in [1.29, 1.82) is 0 Å². The first-order valence-electron chi connectivity index (χ1n) is 6.28. The summed E-state index contributed by atoms with van der Waals surface area (Å²) < 4.78 is 6.32. The standard InChI is InChI=1S/C14H23BrN2O/c1-11(2)17(7-8-18-4)14-9-13(15)6-5-12(14)10-16-3/h5-6,9,11,16H,7-8,10H2,1-4H3. The Bertz CT molecular complexity index is 369. The number of nitrogens with zero attached hydrogens (tertiary/aromatic N) is 1. The van der Waals surface area contributed by atoms with E-state index in [1.807, 2.05) is 7.05 Å². The van der Waals surface area contributed by atoms with Crippen molar-refractivity contribution in [2.45, 2.75) is 26.4 Å². The van der Waals surface area contributed by atoms with Crippen LogP contribution in [0.5, 0.6) is 0 Å². The Morgan fingerprint density at radius 2 is 2.11 bits per heavy atom. The van der Waals surface area contributed by atoms with Gasteiger partial charge in [0.25, 0.3) is 0 Å². The first-order valence-corrected chi connectivity index (χ1v) is 7.08. The lowest BCUT2D eigenvalue weighted by Crippen LogP contribution is -2.34. The molecule has 0 atom stereocenters. The van der Waals surface area contributed by atoms with Crippen LogP contribution in [0, 0.1) is 0 Å². The Balaban J connectivity index is 3.03. The summed E-state index contributed by atoms with van der Waals surface area (Å²) in [6, 6.07) is 6.89. The van der Waals surface area contributed by atoms with E-state index in [0.717, 1.165) is 24.2 Å². The van der Waals surface area contributed by atoms with Crippen LogP contribution < -0.4 is 10.2 Å². The van der Waals surface area contributed by atoms with Gasteiger partial charge in [0, 0.05) is 36.4 Å². The summed E-state index contributed by atoms with van der Waals surface area (Å²) >= 11 is 3.55. The minimum atomic E-state index is 0.449. The van der Waals surface area contributed by atoms with Crippen molar-refractivity contribution in [3.05, 3.63) is 28.2 Å². The van der Waals surface area contributed by atoms with E-state index < -0.39 is 0 Å². The minimum absolute atomic E-state index is 0.449. The fourth-order valence-electron chi connectivity index (χ4n) is 1.99. The van der Waals surface area contributed by atoms with Gasteiger partial charge in [-0.15, -0.1) is 0 Å². The second kappa shape index (κ2) is 7.77. The number of halogens is 1. The lowest BCUT2D eigenvalue weighted by atomic mass is 10.1. The molecule has 0 spiro atoms. The minimum Gasteiger partial charge on any atom is -0.383 e. The lowest BCUT2D eigenvalue weighted by molar-refractivity contribution is 0.204. The van der Waals surface area contributed by atoms with E-state index in [1.165, 1.54) is 11.3 Å². The molecule has 1 rings (SSSR count). The molecule has 0 bridgehead atoms. The van der Waals surface area contributed by atoms with Crippen LogP contribution in [0.3, 0.4) is 0 Å². The van der Waals surface area contributed by atoms with Crippen LogP contribution in [0.25, 0.3) is 0 Å². The molecule has 0 saturated carbocycles. The second-order valence-corrected chi connectivity index (χ2v) is 5.50. The molecule has 0 heterocycles. The highest BCUT2D eigenvalue weighted by Gasteiger charge is 2.14. The summed E-state index contributed by atoms with van der Waals surface area (Å²) in [5.74, 6) is 0. The summed E-state index contributed by atoms with van der Waals surface area (Å²) in [6.45, 7) is 6.93. The van der Waals surface area contributed by atoms with Crippen molar-refractivity contribution in [2.75, 3.05) is 32.2 Å². The maximum absolute atomic E-state index is 5.21. The number of anilines is 1. The van der Waals surface area contributed by atoms with E-state index in [0.29, 0.717) is 6.04 Å². The highest BCUT2D eigenvalue weighted by molar-refractivity contribution is 9.10. The molecule has 0 fully saturated rings. The maximum Gasteiger partial charge on any atom is 0.0637 e. The molecule has 102 valence electrons. The van der Waals surface area contributed by atoms with Crippen LogP contribution >= 0.6 is 15.9 Å². The highest BCUT2D eigenvalue weighted by Crippen LogP contribution is 2.26. The zero-order valence-corrected chi connectivity index (χ0v) is 13.3. The number of hydrogen-bond acceptors (Lipinski definition) is 3. The largest absolute Gasteiger partial charge is 0.383 e. The van der Waals surface area contributed by atoms with Crippen molar-refractivity contribution in [3.63, 3.8) is 0 Å². The maximum atomic E-state index is 5.21. The van der Waals surface area contributed by atoms with E-state index in [4.69, 9.17) is 4.74 Å². The molecular formula is C14H23BrN2O. The quantitative estimate of drug-likeness (QED) is 0.837. The third kappa shape index (κ3) is 4.26. The third-order valence-corrected chi connectivity index (χ3v) is 3.38. The van der Waals surface area contributed by atoms with E-state index in [-0.39, 0.29) is 0 Å². The molecule has 0 radical (unpaired) electrons. The number of nitrogens with one attached hydrogen (secondary N) is 1. The van der Waals surface area contributed by atoms with Gasteiger partial charge in [-0.05, 0) is 38.6 Å². The predicted octanol–water partition coefficient (Wildman–Crippen LogP) is 3.03. The number of ether oxygens (including phenoxy) is 1. The Morgan fingerprint density at radius 1 is 1.39 bits per heavy atom. The van der Waals surface area contributed by atoms with Gasteiger partial charge in [-0.3, -0.25) is 0 Å². The summed E-state index contributed by atoms with van der Waals surface area (Å²) in [5, 5.41) is 3.22. The van der Waals surface area contributed by atoms with Crippen LogP contribution in [0.4, 0.5) is 5.69 Å².